The zero-order chi connectivity index (χ0) is 14.7. The summed E-state index contributed by atoms with van der Waals surface area (Å²) in [5.41, 5.74) is 5.22. The minimum atomic E-state index is 0.519. The molecule has 2 nitrogen and oxygen atoms in total. The van der Waals surface area contributed by atoms with Gasteiger partial charge in [-0.25, -0.2) is 0 Å². The van der Waals surface area contributed by atoms with Crippen LogP contribution in [0, 0.1) is 0 Å². The predicted octanol–water partition coefficient (Wildman–Crippen LogP) is 4.18. The zero-order valence-corrected chi connectivity index (χ0v) is 12.9. The molecule has 0 atom stereocenters. The molecule has 1 heterocycles. The predicted molar refractivity (Wildman–Crippen MR) is 87.7 cm³/mol. The minimum absolute atomic E-state index is 0.519. The summed E-state index contributed by atoms with van der Waals surface area (Å²) in [5, 5.41) is 3.45. The van der Waals surface area contributed by atoms with Gasteiger partial charge < -0.3 is 10.1 Å². The summed E-state index contributed by atoms with van der Waals surface area (Å²) in [5.74, 6) is 1.06. The molecule has 1 aliphatic heterocycles. The Morgan fingerprint density at radius 3 is 2.57 bits per heavy atom. The Bertz CT molecular complexity index is 601. The number of hydrogen-bond donors (Lipinski definition) is 1. The van der Waals surface area contributed by atoms with Crippen LogP contribution in [0.15, 0.2) is 42.5 Å². The highest BCUT2D eigenvalue weighted by molar-refractivity contribution is 5.66. The van der Waals surface area contributed by atoms with Crippen LogP contribution in [0.1, 0.15) is 31.4 Å². The average molecular weight is 281 g/mol. The van der Waals surface area contributed by atoms with Gasteiger partial charge in [-0.1, -0.05) is 44.2 Å². The van der Waals surface area contributed by atoms with Crippen molar-refractivity contribution in [3.05, 3.63) is 53.6 Å². The highest BCUT2D eigenvalue weighted by Crippen LogP contribution is 2.30. The second-order valence-corrected chi connectivity index (χ2v) is 6.01. The molecule has 2 aromatic carbocycles. The van der Waals surface area contributed by atoms with Crippen molar-refractivity contribution in [2.75, 3.05) is 6.61 Å². The van der Waals surface area contributed by atoms with Gasteiger partial charge in [0.05, 0.1) is 6.61 Å². The van der Waals surface area contributed by atoms with Gasteiger partial charge in [0.15, 0.2) is 0 Å². The van der Waals surface area contributed by atoms with Crippen molar-refractivity contribution in [1.82, 2.24) is 5.32 Å². The minimum Gasteiger partial charge on any atom is -0.493 e. The van der Waals surface area contributed by atoms with Crippen LogP contribution in [-0.4, -0.2) is 12.6 Å². The summed E-state index contributed by atoms with van der Waals surface area (Å²) >= 11 is 0. The van der Waals surface area contributed by atoms with Crippen molar-refractivity contribution in [1.29, 1.82) is 0 Å². The molecule has 0 aromatic heterocycles. The van der Waals surface area contributed by atoms with Gasteiger partial charge in [0, 0.05) is 12.6 Å². The van der Waals surface area contributed by atoms with Crippen molar-refractivity contribution in [3.63, 3.8) is 0 Å². The quantitative estimate of drug-likeness (QED) is 0.908. The van der Waals surface area contributed by atoms with Crippen LogP contribution < -0.4 is 10.1 Å². The first kappa shape index (κ1) is 14.2. The van der Waals surface area contributed by atoms with Gasteiger partial charge in [0.25, 0.3) is 0 Å². The molecule has 0 saturated heterocycles. The van der Waals surface area contributed by atoms with E-state index in [9.17, 15) is 0 Å². The maximum absolute atomic E-state index is 5.68. The molecule has 2 heteroatoms. The lowest BCUT2D eigenvalue weighted by Gasteiger charge is -2.18. The van der Waals surface area contributed by atoms with Gasteiger partial charge in [-0.15, -0.1) is 0 Å². The summed E-state index contributed by atoms with van der Waals surface area (Å²) in [6.07, 6.45) is 2.25. The fraction of sp³-hybridized carbons (Fsp3) is 0.368. The standard InChI is InChI=1S/C19H23NO/c1-14(2)20-13-15-5-7-16(8-6-15)17-9-10-19-18(12-17)4-3-11-21-19/h5-10,12,14,20H,3-4,11,13H2,1-2H3. The summed E-state index contributed by atoms with van der Waals surface area (Å²) in [6, 6.07) is 15.9. The lowest BCUT2D eigenvalue weighted by atomic mass is 9.98. The summed E-state index contributed by atoms with van der Waals surface area (Å²) in [7, 11) is 0. The van der Waals surface area contributed by atoms with E-state index >= 15 is 0 Å². The van der Waals surface area contributed by atoms with E-state index in [1.807, 2.05) is 0 Å². The highest BCUT2D eigenvalue weighted by atomic mass is 16.5. The van der Waals surface area contributed by atoms with Crippen LogP contribution in [0.5, 0.6) is 5.75 Å². The molecular formula is C19H23NO. The molecule has 0 unspecified atom stereocenters. The van der Waals surface area contributed by atoms with E-state index in [0.29, 0.717) is 6.04 Å². The molecule has 0 radical (unpaired) electrons. The van der Waals surface area contributed by atoms with Gasteiger partial charge in [0.1, 0.15) is 5.75 Å². The van der Waals surface area contributed by atoms with Gasteiger partial charge in [-0.05, 0) is 47.2 Å². The Morgan fingerprint density at radius 2 is 1.81 bits per heavy atom. The third kappa shape index (κ3) is 3.45. The normalized spacial score (nSPS) is 13.9. The number of hydrogen-bond acceptors (Lipinski definition) is 2. The molecule has 0 amide bonds. The fourth-order valence-electron chi connectivity index (χ4n) is 2.68. The fourth-order valence-corrected chi connectivity index (χ4v) is 2.68. The van der Waals surface area contributed by atoms with E-state index in [1.54, 1.807) is 0 Å². The van der Waals surface area contributed by atoms with Gasteiger partial charge in [-0.3, -0.25) is 0 Å². The van der Waals surface area contributed by atoms with Crippen LogP contribution in [0.25, 0.3) is 11.1 Å². The molecular weight excluding hydrogens is 258 g/mol. The first-order chi connectivity index (χ1) is 10.2. The third-order valence-corrected chi connectivity index (χ3v) is 3.91. The number of benzene rings is 2. The average Bonchev–Trinajstić information content (AvgIpc) is 2.53. The van der Waals surface area contributed by atoms with Crippen LogP contribution >= 0.6 is 0 Å². The Morgan fingerprint density at radius 1 is 1.05 bits per heavy atom. The lowest BCUT2D eigenvalue weighted by molar-refractivity contribution is 0.288. The maximum Gasteiger partial charge on any atom is 0.122 e. The SMILES string of the molecule is CC(C)NCc1ccc(-c2ccc3c(c2)CCCO3)cc1. The summed E-state index contributed by atoms with van der Waals surface area (Å²) in [4.78, 5) is 0. The second kappa shape index (κ2) is 6.31. The van der Waals surface area contributed by atoms with Crippen molar-refractivity contribution >= 4 is 0 Å². The Labute approximate surface area is 127 Å². The van der Waals surface area contributed by atoms with Crippen molar-refractivity contribution in [2.45, 2.75) is 39.3 Å². The lowest BCUT2D eigenvalue weighted by Crippen LogP contribution is -2.21. The smallest absolute Gasteiger partial charge is 0.122 e. The monoisotopic (exact) mass is 281 g/mol. The molecule has 21 heavy (non-hydrogen) atoms. The van der Waals surface area contributed by atoms with Crippen molar-refractivity contribution in [2.24, 2.45) is 0 Å². The Kier molecular flexibility index (Phi) is 4.26. The molecule has 3 rings (SSSR count). The Balaban J connectivity index is 1.77. The molecule has 0 spiro atoms. The zero-order valence-electron chi connectivity index (χ0n) is 12.9. The molecule has 110 valence electrons. The van der Waals surface area contributed by atoms with Crippen LogP contribution in [0.4, 0.5) is 0 Å². The Hall–Kier alpha value is -1.80. The molecule has 1 aliphatic rings. The topological polar surface area (TPSA) is 21.3 Å². The largest absolute Gasteiger partial charge is 0.493 e. The van der Waals surface area contributed by atoms with Crippen LogP contribution in [-0.2, 0) is 13.0 Å². The van der Waals surface area contributed by atoms with E-state index in [4.69, 9.17) is 4.74 Å². The third-order valence-electron chi connectivity index (χ3n) is 3.91. The first-order valence-corrected chi connectivity index (χ1v) is 7.81. The van der Waals surface area contributed by atoms with E-state index in [-0.39, 0.29) is 0 Å². The van der Waals surface area contributed by atoms with Crippen LogP contribution in [0.3, 0.4) is 0 Å². The molecule has 2 aromatic rings. The number of aryl methyl sites for hydroxylation is 1. The van der Waals surface area contributed by atoms with Gasteiger partial charge in [0.2, 0.25) is 0 Å². The van der Waals surface area contributed by atoms with E-state index < -0.39 is 0 Å². The first-order valence-electron chi connectivity index (χ1n) is 7.81. The summed E-state index contributed by atoms with van der Waals surface area (Å²) in [6.45, 7) is 6.12. The number of ether oxygens (including phenoxy) is 1. The van der Waals surface area contributed by atoms with E-state index in [1.165, 1.54) is 22.3 Å². The number of rotatable bonds is 4. The molecule has 0 fully saturated rings. The van der Waals surface area contributed by atoms with Gasteiger partial charge in [-0.2, -0.15) is 0 Å². The van der Waals surface area contributed by atoms with E-state index in [0.717, 1.165) is 31.7 Å². The highest BCUT2D eigenvalue weighted by Gasteiger charge is 2.11. The number of nitrogens with one attached hydrogen (secondary N) is 1. The summed E-state index contributed by atoms with van der Waals surface area (Å²) < 4.78 is 5.68. The molecule has 1 N–H and O–H groups in total. The second-order valence-electron chi connectivity index (χ2n) is 6.01. The van der Waals surface area contributed by atoms with Crippen molar-refractivity contribution in [3.8, 4) is 16.9 Å². The molecule has 0 bridgehead atoms. The number of fused-ring (bicyclic) bond motifs is 1. The van der Waals surface area contributed by atoms with E-state index in [2.05, 4.69) is 61.6 Å². The maximum atomic E-state index is 5.68. The van der Waals surface area contributed by atoms with Crippen LogP contribution in [0.2, 0.25) is 0 Å². The van der Waals surface area contributed by atoms with Gasteiger partial charge >= 0.3 is 0 Å². The molecule has 0 saturated carbocycles. The molecule has 0 aliphatic carbocycles. The van der Waals surface area contributed by atoms with Crippen molar-refractivity contribution < 1.29 is 4.74 Å².